The van der Waals surface area contributed by atoms with Gasteiger partial charge in [0, 0.05) is 26.6 Å². The fourth-order valence-electron chi connectivity index (χ4n) is 7.84. The van der Waals surface area contributed by atoms with Crippen LogP contribution in [0.2, 0.25) is 0 Å². The van der Waals surface area contributed by atoms with Crippen LogP contribution in [0.5, 0.6) is 0 Å². The zero-order valence-corrected chi connectivity index (χ0v) is 29.9. The third-order valence-corrected chi connectivity index (χ3v) is 14.1. The van der Waals surface area contributed by atoms with Gasteiger partial charge >= 0.3 is 0 Å². The molecule has 1 saturated heterocycles. The van der Waals surface area contributed by atoms with E-state index in [1.165, 1.54) is 86.1 Å². The lowest BCUT2D eigenvalue weighted by atomic mass is 9.84. The number of hydrogen-bond acceptors (Lipinski definition) is 2. The van der Waals surface area contributed by atoms with Gasteiger partial charge in [-0.1, -0.05) is 141 Å². The number of aryl methyl sites for hydroxylation is 2. The minimum Gasteiger partial charge on any atom is -0.144 e. The SMILES string of the molecule is CC(C)CCCC(C)CCc1ccc2ccc3c(c2c1)SC1C3SC2c3cc(CC[C@@H](C)CCCC(C)C)ccc3C=CC21. The molecule has 3 aromatic carbocycles. The van der Waals surface area contributed by atoms with Gasteiger partial charge in [0.2, 0.25) is 0 Å². The summed E-state index contributed by atoms with van der Waals surface area (Å²) >= 11 is 4.46. The average Bonchev–Trinajstić information content (AvgIpc) is 3.55. The monoisotopic (exact) mass is 624 g/mol. The number of hydrogen-bond donors (Lipinski definition) is 0. The van der Waals surface area contributed by atoms with Crippen molar-refractivity contribution in [2.45, 2.75) is 126 Å². The molecule has 2 heterocycles. The van der Waals surface area contributed by atoms with E-state index in [0.717, 1.165) is 23.7 Å². The Kier molecular flexibility index (Phi) is 10.6. The van der Waals surface area contributed by atoms with Crippen LogP contribution in [0.25, 0.3) is 16.8 Å². The van der Waals surface area contributed by atoms with Gasteiger partial charge in [-0.05, 0) is 87.9 Å². The highest BCUT2D eigenvalue weighted by molar-refractivity contribution is 8.05. The average molecular weight is 625 g/mol. The van der Waals surface area contributed by atoms with Gasteiger partial charge in [0.25, 0.3) is 0 Å². The second-order valence-electron chi connectivity index (χ2n) is 15.4. The van der Waals surface area contributed by atoms with Crippen molar-refractivity contribution in [1.82, 2.24) is 0 Å². The summed E-state index contributed by atoms with van der Waals surface area (Å²) in [7, 11) is 0. The van der Waals surface area contributed by atoms with Crippen molar-refractivity contribution < 1.29 is 0 Å². The minimum atomic E-state index is 0.591. The fraction of sp³-hybridized carbons (Fsp3) is 0.571. The van der Waals surface area contributed by atoms with Crippen LogP contribution in [0.3, 0.4) is 0 Å². The van der Waals surface area contributed by atoms with Gasteiger partial charge in [0.15, 0.2) is 0 Å². The molecule has 44 heavy (non-hydrogen) atoms. The van der Waals surface area contributed by atoms with Crippen molar-refractivity contribution in [2.75, 3.05) is 0 Å². The third kappa shape index (κ3) is 7.33. The molecule has 1 aliphatic carbocycles. The van der Waals surface area contributed by atoms with Gasteiger partial charge in [0.1, 0.15) is 0 Å². The first kappa shape index (κ1) is 32.3. The largest absolute Gasteiger partial charge is 0.144 e. The van der Waals surface area contributed by atoms with Gasteiger partial charge in [-0.3, -0.25) is 0 Å². The lowest BCUT2D eigenvalue weighted by Gasteiger charge is -2.26. The zero-order valence-electron chi connectivity index (χ0n) is 28.3. The van der Waals surface area contributed by atoms with Gasteiger partial charge < -0.3 is 0 Å². The van der Waals surface area contributed by atoms with Crippen molar-refractivity contribution in [2.24, 2.45) is 29.6 Å². The number of thioether (sulfide) groups is 2. The van der Waals surface area contributed by atoms with E-state index in [0.29, 0.717) is 21.7 Å². The summed E-state index contributed by atoms with van der Waals surface area (Å²) in [6, 6.07) is 19.6. The molecule has 0 spiro atoms. The van der Waals surface area contributed by atoms with E-state index < -0.39 is 0 Å². The van der Waals surface area contributed by atoms with E-state index in [1.54, 1.807) is 21.6 Å². The van der Waals surface area contributed by atoms with Crippen LogP contribution in [0, 0.1) is 29.6 Å². The summed E-state index contributed by atoms with van der Waals surface area (Å²) in [4.78, 5) is 1.58. The molecule has 6 atom stereocenters. The third-order valence-electron chi connectivity index (χ3n) is 10.7. The fourth-order valence-corrected chi connectivity index (χ4v) is 11.7. The Labute approximate surface area is 277 Å². The quantitative estimate of drug-likeness (QED) is 0.175. The summed E-state index contributed by atoms with van der Waals surface area (Å²) < 4.78 is 0. The maximum absolute atomic E-state index is 2.59. The van der Waals surface area contributed by atoms with E-state index in [9.17, 15) is 0 Å². The molecule has 2 heteroatoms. The summed E-state index contributed by atoms with van der Waals surface area (Å²) in [5.41, 5.74) is 7.74. The first-order chi connectivity index (χ1) is 21.3. The van der Waals surface area contributed by atoms with Crippen molar-refractivity contribution in [3.63, 3.8) is 0 Å². The Morgan fingerprint density at radius 1 is 0.636 bits per heavy atom. The molecule has 236 valence electrons. The lowest BCUT2D eigenvalue weighted by molar-refractivity contribution is 0.437. The summed E-state index contributed by atoms with van der Waals surface area (Å²) in [5.74, 6) is 3.91. The molecule has 2 aliphatic heterocycles. The zero-order chi connectivity index (χ0) is 30.8. The molecule has 6 rings (SSSR count). The predicted octanol–water partition coefficient (Wildman–Crippen LogP) is 13.3. The molecular weight excluding hydrogens is 569 g/mol. The second-order valence-corrected chi connectivity index (χ2v) is 17.9. The van der Waals surface area contributed by atoms with Gasteiger partial charge in [-0.25, -0.2) is 0 Å². The van der Waals surface area contributed by atoms with Gasteiger partial charge in [-0.2, -0.15) is 0 Å². The highest BCUT2D eigenvalue weighted by Crippen LogP contribution is 2.68. The Balaban J connectivity index is 1.13. The molecule has 0 N–H and O–H groups in total. The summed E-state index contributed by atoms with van der Waals surface area (Å²) in [6.45, 7) is 14.3. The number of benzene rings is 3. The minimum absolute atomic E-state index is 0.591. The van der Waals surface area contributed by atoms with Gasteiger partial charge in [-0.15, -0.1) is 23.5 Å². The van der Waals surface area contributed by atoms with E-state index >= 15 is 0 Å². The second kappa shape index (κ2) is 14.4. The standard InChI is InChI=1S/C42H56S2/c1-27(2)9-7-11-29(5)13-15-31-17-19-33-21-23-35-39(37(33)25-31)43-42-36-24-22-34-20-18-32(26-38(34)40(36)44-41(35)42)16-14-30(6)12-8-10-28(3)4/h17-30,35,39,41-42H,7-16H2,1-6H3/t29-,30?,35?,39?,41?,42?/m0/s1. The van der Waals surface area contributed by atoms with Crippen LogP contribution in [-0.4, -0.2) is 5.25 Å². The molecule has 0 saturated carbocycles. The Morgan fingerprint density at radius 2 is 1.27 bits per heavy atom. The highest BCUT2D eigenvalue weighted by atomic mass is 32.2. The Hall–Kier alpha value is -1.64. The van der Waals surface area contributed by atoms with Crippen molar-refractivity contribution in [3.8, 4) is 0 Å². The van der Waals surface area contributed by atoms with E-state index in [-0.39, 0.29) is 0 Å². The number of allylic oxidation sites excluding steroid dienone is 1. The molecule has 0 radical (unpaired) electrons. The van der Waals surface area contributed by atoms with E-state index in [2.05, 4.69) is 126 Å². The smallest absolute Gasteiger partial charge is 0.0443 e. The van der Waals surface area contributed by atoms with E-state index in [4.69, 9.17) is 0 Å². The van der Waals surface area contributed by atoms with Crippen LogP contribution < -0.4 is 0 Å². The first-order valence-corrected chi connectivity index (χ1v) is 19.8. The maximum atomic E-state index is 2.59. The van der Waals surface area contributed by atoms with Crippen molar-refractivity contribution >= 4 is 40.4 Å². The molecule has 1 fully saturated rings. The summed E-state index contributed by atoms with van der Waals surface area (Å²) in [5, 5.41) is 4.75. The van der Waals surface area contributed by atoms with Crippen molar-refractivity contribution in [3.05, 3.63) is 82.4 Å². The molecule has 0 aromatic heterocycles. The molecule has 0 nitrogen and oxygen atoms in total. The van der Waals surface area contributed by atoms with E-state index in [1.807, 2.05) is 0 Å². The Morgan fingerprint density at radius 3 is 1.95 bits per heavy atom. The molecular formula is C42H56S2. The van der Waals surface area contributed by atoms with Crippen LogP contribution >= 0.6 is 23.5 Å². The van der Waals surface area contributed by atoms with Crippen LogP contribution in [-0.2, 0) is 12.8 Å². The Bertz CT molecular complexity index is 1450. The van der Waals surface area contributed by atoms with Crippen molar-refractivity contribution in [1.29, 1.82) is 0 Å². The first-order valence-electron chi connectivity index (χ1n) is 18.0. The molecule has 5 unspecified atom stereocenters. The van der Waals surface area contributed by atoms with Crippen LogP contribution in [0.15, 0.2) is 59.5 Å². The normalized spacial score (nSPS) is 23.2. The maximum Gasteiger partial charge on any atom is 0.0443 e. The number of fused-ring (bicyclic) bond motifs is 9. The summed E-state index contributed by atoms with van der Waals surface area (Å²) in [6.07, 6.45) is 18.3. The predicted molar refractivity (Wildman–Crippen MR) is 198 cm³/mol. The number of rotatable bonds is 14. The topological polar surface area (TPSA) is 0 Å². The van der Waals surface area contributed by atoms with Gasteiger partial charge in [0.05, 0.1) is 0 Å². The molecule has 3 aliphatic rings. The van der Waals surface area contributed by atoms with Crippen LogP contribution in [0.1, 0.15) is 131 Å². The highest BCUT2D eigenvalue weighted by Gasteiger charge is 2.50. The molecule has 0 bridgehead atoms. The van der Waals surface area contributed by atoms with Crippen LogP contribution in [0.4, 0.5) is 0 Å². The lowest BCUT2D eigenvalue weighted by Crippen LogP contribution is -2.17. The molecule has 0 amide bonds. The molecule has 3 aromatic rings.